The minimum atomic E-state index is -0.351. The van der Waals surface area contributed by atoms with Crippen LogP contribution in [0.2, 0.25) is 0 Å². The molecule has 0 spiro atoms. The third-order valence-corrected chi connectivity index (χ3v) is 4.19. The van der Waals surface area contributed by atoms with Gasteiger partial charge in [0.2, 0.25) is 11.8 Å². The number of amides is 2. The highest BCUT2D eigenvalue weighted by atomic mass is 16.2. The lowest BCUT2D eigenvalue weighted by Crippen LogP contribution is -2.37. The summed E-state index contributed by atoms with van der Waals surface area (Å²) in [5.41, 5.74) is 2.69. The van der Waals surface area contributed by atoms with Crippen LogP contribution >= 0.6 is 0 Å². The van der Waals surface area contributed by atoms with Crippen molar-refractivity contribution in [3.63, 3.8) is 0 Å². The molecule has 130 valence electrons. The van der Waals surface area contributed by atoms with Gasteiger partial charge in [0.25, 0.3) is 0 Å². The third kappa shape index (κ3) is 5.08. The van der Waals surface area contributed by atoms with Crippen molar-refractivity contribution in [3.05, 3.63) is 60.2 Å². The molecular formula is C20H23N3O2. The molecule has 0 heterocycles. The van der Waals surface area contributed by atoms with E-state index in [1.165, 1.54) is 0 Å². The fourth-order valence-corrected chi connectivity index (χ4v) is 2.49. The molecule has 3 rings (SSSR count). The number of carbonyl (C=O) groups is 2. The van der Waals surface area contributed by atoms with Crippen molar-refractivity contribution in [1.29, 1.82) is 0 Å². The highest BCUT2D eigenvalue weighted by Gasteiger charge is 2.29. The van der Waals surface area contributed by atoms with Crippen molar-refractivity contribution < 1.29 is 9.59 Å². The van der Waals surface area contributed by atoms with Crippen LogP contribution < -0.4 is 16.0 Å². The summed E-state index contributed by atoms with van der Waals surface area (Å²) in [5, 5.41) is 8.99. The quantitative estimate of drug-likeness (QED) is 0.727. The molecule has 1 aliphatic rings. The molecule has 1 fully saturated rings. The van der Waals surface area contributed by atoms with Crippen molar-refractivity contribution in [1.82, 2.24) is 5.32 Å². The zero-order valence-electron chi connectivity index (χ0n) is 14.3. The molecule has 5 nitrogen and oxygen atoms in total. The van der Waals surface area contributed by atoms with Gasteiger partial charge in [-0.25, -0.2) is 0 Å². The van der Waals surface area contributed by atoms with E-state index in [9.17, 15) is 9.59 Å². The summed E-state index contributed by atoms with van der Waals surface area (Å²) in [4.78, 5) is 23.9. The molecule has 0 unspecified atom stereocenters. The van der Waals surface area contributed by atoms with Gasteiger partial charge in [0.05, 0.1) is 0 Å². The zero-order valence-corrected chi connectivity index (χ0v) is 14.3. The van der Waals surface area contributed by atoms with E-state index in [1.807, 2.05) is 61.5 Å². The Morgan fingerprint density at radius 3 is 2.28 bits per heavy atom. The van der Waals surface area contributed by atoms with E-state index in [0.29, 0.717) is 6.54 Å². The standard InChI is InChI=1S/C20H23N3O2/c1-14(19(24)21-13-15-5-3-2-4-6-15)22-17-9-11-18(12-10-17)23-20(25)16-7-8-16/h2-6,9-12,14,16,22H,7-8,13H2,1H3,(H,21,24)(H,23,25)/t14-/m0/s1. The highest BCUT2D eigenvalue weighted by molar-refractivity contribution is 5.94. The Bertz CT molecular complexity index is 724. The average Bonchev–Trinajstić information content (AvgIpc) is 3.47. The van der Waals surface area contributed by atoms with Crippen LogP contribution in [0.5, 0.6) is 0 Å². The number of hydrogen-bond donors (Lipinski definition) is 3. The molecule has 5 heteroatoms. The Labute approximate surface area is 147 Å². The van der Waals surface area contributed by atoms with Crippen LogP contribution in [0.3, 0.4) is 0 Å². The maximum atomic E-state index is 12.2. The first kappa shape index (κ1) is 17.0. The largest absolute Gasteiger partial charge is 0.374 e. The van der Waals surface area contributed by atoms with Crippen molar-refractivity contribution in [3.8, 4) is 0 Å². The predicted molar refractivity (Wildman–Crippen MR) is 99.2 cm³/mol. The first-order chi connectivity index (χ1) is 12.1. The minimum Gasteiger partial charge on any atom is -0.374 e. The first-order valence-electron chi connectivity index (χ1n) is 8.61. The fraction of sp³-hybridized carbons (Fsp3) is 0.300. The molecule has 3 N–H and O–H groups in total. The highest BCUT2D eigenvalue weighted by Crippen LogP contribution is 2.30. The van der Waals surface area contributed by atoms with E-state index in [0.717, 1.165) is 29.8 Å². The molecule has 0 bridgehead atoms. The van der Waals surface area contributed by atoms with Crippen LogP contribution in [0.15, 0.2) is 54.6 Å². The second kappa shape index (κ2) is 7.83. The number of rotatable bonds is 7. The monoisotopic (exact) mass is 337 g/mol. The van der Waals surface area contributed by atoms with Gasteiger partial charge >= 0.3 is 0 Å². The average molecular weight is 337 g/mol. The molecule has 25 heavy (non-hydrogen) atoms. The smallest absolute Gasteiger partial charge is 0.242 e. The van der Waals surface area contributed by atoms with Gasteiger partial charge in [-0.05, 0) is 49.6 Å². The number of carbonyl (C=O) groups excluding carboxylic acids is 2. The molecule has 0 radical (unpaired) electrons. The molecule has 2 aromatic carbocycles. The van der Waals surface area contributed by atoms with Gasteiger partial charge in [-0.3, -0.25) is 9.59 Å². The van der Waals surface area contributed by atoms with E-state index in [4.69, 9.17) is 0 Å². The van der Waals surface area contributed by atoms with Gasteiger partial charge in [0, 0.05) is 23.8 Å². The fourth-order valence-electron chi connectivity index (χ4n) is 2.49. The summed E-state index contributed by atoms with van der Waals surface area (Å²) < 4.78 is 0. The van der Waals surface area contributed by atoms with Gasteiger partial charge < -0.3 is 16.0 Å². The molecule has 1 saturated carbocycles. The summed E-state index contributed by atoms with van der Waals surface area (Å²) in [6.07, 6.45) is 1.97. The summed E-state index contributed by atoms with van der Waals surface area (Å²) in [6, 6.07) is 16.9. The minimum absolute atomic E-state index is 0.0602. The maximum Gasteiger partial charge on any atom is 0.242 e. The molecule has 1 atom stereocenters. The number of benzene rings is 2. The molecule has 0 aliphatic heterocycles. The van der Waals surface area contributed by atoms with Gasteiger partial charge in [0.1, 0.15) is 6.04 Å². The lowest BCUT2D eigenvalue weighted by atomic mass is 10.2. The van der Waals surface area contributed by atoms with Crippen molar-refractivity contribution in [2.45, 2.75) is 32.4 Å². The van der Waals surface area contributed by atoms with E-state index >= 15 is 0 Å². The first-order valence-corrected chi connectivity index (χ1v) is 8.61. The normalized spacial score (nSPS) is 14.4. The molecule has 1 aliphatic carbocycles. The summed E-state index contributed by atoms with van der Waals surface area (Å²) in [6.45, 7) is 2.33. The SMILES string of the molecule is C[C@H](Nc1ccc(NC(=O)C2CC2)cc1)C(=O)NCc1ccccc1. The van der Waals surface area contributed by atoms with E-state index < -0.39 is 0 Å². The van der Waals surface area contributed by atoms with Crippen LogP contribution in [0, 0.1) is 5.92 Å². The Hall–Kier alpha value is -2.82. The van der Waals surface area contributed by atoms with Gasteiger partial charge in [-0.2, -0.15) is 0 Å². The summed E-state index contributed by atoms with van der Waals surface area (Å²) in [7, 11) is 0. The molecule has 2 aromatic rings. The van der Waals surface area contributed by atoms with Crippen LogP contribution in [-0.4, -0.2) is 17.9 Å². The second-order valence-electron chi connectivity index (χ2n) is 6.41. The number of hydrogen-bond acceptors (Lipinski definition) is 3. The Morgan fingerprint density at radius 1 is 1.00 bits per heavy atom. The number of nitrogens with one attached hydrogen (secondary N) is 3. The van der Waals surface area contributed by atoms with Crippen LogP contribution in [0.4, 0.5) is 11.4 Å². The van der Waals surface area contributed by atoms with Crippen molar-refractivity contribution in [2.24, 2.45) is 5.92 Å². The van der Waals surface area contributed by atoms with Crippen LogP contribution in [-0.2, 0) is 16.1 Å². The third-order valence-electron chi connectivity index (χ3n) is 4.19. The summed E-state index contributed by atoms with van der Waals surface area (Å²) in [5.74, 6) is 0.218. The Morgan fingerprint density at radius 2 is 1.64 bits per heavy atom. The van der Waals surface area contributed by atoms with Gasteiger partial charge in [-0.1, -0.05) is 30.3 Å². The lowest BCUT2D eigenvalue weighted by molar-refractivity contribution is -0.121. The second-order valence-corrected chi connectivity index (χ2v) is 6.41. The molecular weight excluding hydrogens is 314 g/mol. The Balaban J connectivity index is 1.47. The number of anilines is 2. The maximum absolute atomic E-state index is 12.2. The zero-order chi connectivity index (χ0) is 17.6. The predicted octanol–water partition coefficient (Wildman–Crippen LogP) is 3.15. The van der Waals surface area contributed by atoms with E-state index in [1.54, 1.807) is 0 Å². The molecule has 0 saturated heterocycles. The Kier molecular flexibility index (Phi) is 5.33. The van der Waals surface area contributed by atoms with E-state index in [-0.39, 0.29) is 23.8 Å². The van der Waals surface area contributed by atoms with Crippen LogP contribution in [0.1, 0.15) is 25.3 Å². The van der Waals surface area contributed by atoms with Crippen LogP contribution in [0.25, 0.3) is 0 Å². The van der Waals surface area contributed by atoms with Gasteiger partial charge in [-0.15, -0.1) is 0 Å². The van der Waals surface area contributed by atoms with E-state index in [2.05, 4.69) is 16.0 Å². The molecule has 0 aromatic heterocycles. The summed E-state index contributed by atoms with van der Waals surface area (Å²) >= 11 is 0. The van der Waals surface area contributed by atoms with Crippen molar-refractivity contribution in [2.75, 3.05) is 10.6 Å². The molecule has 2 amide bonds. The lowest BCUT2D eigenvalue weighted by Gasteiger charge is -2.16. The topological polar surface area (TPSA) is 70.2 Å². The van der Waals surface area contributed by atoms with Crippen molar-refractivity contribution >= 4 is 23.2 Å². The van der Waals surface area contributed by atoms with Gasteiger partial charge in [0.15, 0.2) is 0 Å².